The second kappa shape index (κ2) is 7.93. The maximum Gasteiger partial charge on any atom is 0.271 e. The van der Waals surface area contributed by atoms with Crippen LogP contribution in [0, 0.1) is 11.7 Å². The lowest BCUT2D eigenvalue weighted by molar-refractivity contribution is 0.0940. The largest absolute Gasteiger partial charge is 0.355 e. The minimum Gasteiger partial charge on any atom is -0.355 e. The number of aromatic nitrogens is 4. The molecule has 0 unspecified atom stereocenters. The number of carbonyl (C=O) groups excluding carboxylic acids is 1. The molecule has 2 fully saturated rings. The van der Waals surface area contributed by atoms with Gasteiger partial charge in [-0.05, 0) is 67.5 Å². The van der Waals surface area contributed by atoms with Gasteiger partial charge < -0.3 is 10.2 Å². The summed E-state index contributed by atoms with van der Waals surface area (Å²) in [6.45, 7) is 2.45. The maximum atomic E-state index is 13.1. The Morgan fingerprint density at radius 2 is 1.83 bits per heavy atom. The first-order chi connectivity index (χ1) is 14.7. The molecule has 0 spiro atoms. The van der Waals surface area contributed by atoms with E-state index in [1.165, 1.54) is 25.0 Å². The monoisotopic (exact) mass is 408 g/mol. The van der Waals surface area contributed by atoms with Gasteiger partial charge in [-0.3, -0.25) is 15.0 Å². The maximum absolute atomic E-state index is 13.1. The number of rotatable bonds is 6. The molecule has 3 N–H and O–H groups in total. The van der Waals surface area contributed by atoms with E-state index in [2.05, 4.69) is 30.6 Å². The Labute approximate surface area is 174 Å². The molecular weight excluding hydrogens is 383 g/mol. The normalized spacial score (nSPS) is 17.3. The minimum absolute atomic E-state index is 0.100. The molecular formula is C22H25FN6O. The number of benzene rings is 1. The molecule has 156 valence electrons. The van der Waals surface area contributed by atoms with Crippen LogP contribution >= 0.6 is 0 Å². The van der Waals surface area contributed by atoms with Gasteiger partial charge in [0.05, 0.1) is 5.69 Å². The molecule has 8 heteroatoms. The molecule has 0 radical (unpaired) electrons. The standard InChI is InChI=1S/C22H25FN6O/c23-17-5-3-16(4-6-17)19-12-21(28-26-19)29-9-7-14(8-10-29)13-24-22(30)20-11-18(25-27-20)15-1-2-15/h3-6,11-12,14-15H,1-2,7-10,13H2,(H,24,30)(H,25,27)(H,26,28). The third-order valence-corrected chi connectivity index (χ3v) is 6.06. The molecule has 0 bridgehead atoms. The minimum atomic E-state index is -0.247. The zero-order valence-electron chi connectivity index (χ0n) is 16.7. The van der Waals surface area contributed by atoms with Gasteiger partial charge in [0.25, 0.3) is 5.91 Å². The molecule has 2 aliphatic rings. The van der Waals surface area contributed by atoms with Crippen molar-refractivity contribution >= 4 is 11.7 Å². The predicted octanol–water partition coefficient (Wildman–Crippen LogP) is 3.46. The predicted molar refractivity (Wildman–Crippen MR) is 112 cm³/mol. The summed E-state index contributed by atoms with van der Waals surface area (Å²) >= 11 is 0. The summed E-state index contributed by atoms with van der Waals surface area (Å²) in [6, 6.07) is 10.3. The summed E-state index contributed by atoms with van der Waals surface area (Å²) in [5.41, 5.74) is 3.35. The van der Waals surface area contributed by atoms with E-state index in [4.69, 9.17) is 0 Å². The van der Waals surface area contributed by atoms with Crippen molar-refractivity contribution in [1.29, 1.82) is 0 Å². The van der Waals surface area contributed by atoms with Gasteiger partial charge in [-0.1, -0.05) is 0 Å². The van der Waals surface area contributed by atoms with Crippen LogP contribution in [0.25, 0.3) is 11.3 Å². The highest BCUT2D eigenvalue weighted by Gasteiger charge is 2.27. The Hall–Kier alpha value is -3.16. The zero-order chi connectivity index (χ0) is 20.5. The Morgan fingerprint density at radius 1 is 1.07 bits per heavy atom. The highest BCUT2D eigenvalue weighted by atomic mass is 19.1. The smallest absolute Gasteiger partial charge is 0.271 e. The topological polar surface area (TPSA) is 89.7 Å². The molecule has 1 amide bonds. The van der Waals surface area contributed by atoms with Crippen molar-refractivity contribution in [3.8, 4) is 11.3 Å². The number of amides is 1. The van der Waals surface area contributed by atoms with E-state index in [1.807, 2.05) is 12.1 Å². The number of piperidine rings is 1. The molecule has 1 aliphatic carbocycles. The lowest BCUT2D eigenvalue weighted by Crippen LogP contribution is -2.38. The lowest BCUT2D eigenvalue weighted by atomic mass is 9.96. The van der Waals surface area contributed by atoms with E-state index in [0.717, 1.165) is 48.7 Å². The fraction of sp³-hybridized carbons (Fsp3) is 0.409. The Balaban J connectivity index is 1.11. The molecule has 5 rings (SSSR count). The quantitative estimate of drug-likeness (QED) is 0.583. The van der Waals surface area contributed by atoms with E-state index >= 15 is 0 Å². The number of nitrogens with zero attached hydrogens (tertiary/aromatic N) is 3. The highest BCUT2D eigenvalue weighted by Crippen LogP contribution is 2.39. The van der Waals surface area contributed by atoms with Crippen molar-refractivity contribution in [2.45, 2.75) is 31.6 Å². The Kier molecular flexibility index (Phi) is 4.98. The summed E-state index contributed by atoms with van der Waals surface area (Å²) in [6.07, 6.45) is 4.35. The number of halogens is 1. The van der Waals surface area contributed by atoms with Crippen molar-refractivity contribution in [2.75, 3.05) is 24.5 Å². The van der Waals surface area contributed by atoms with Gasteiger partial charge >= 0.3 is 0 Å². The summed E-state index contributed by atoms with van der Waals surface area (Å²) in [4.78, 5) is 14.6. The Bertz CT molecular complexity index is 1010. The van der Waals surface area contributed by atoms with Crippen LogP contribution in [0.3, 0.4) is 0 Å². The van der Waals surface area contributed by atoms with Crippen molar-refractivity contribution in [2.24, 2.45) is 5.92 Å². The molecule has 2 aromatic heterocycles. The molecule has 30 heavy (non-hydrogen) atoms. The van der Waals surface area contributed by atoms with Crippen LogP contribution in [0.1, 0.15) is 47.8 Å². The number of nitrogens with one attached hydrogen (secondary N) is 3. The van der Waals surface area contributed by atoms with Crippen LogP contribution in [-0.2, 0) is 0 Å². The van der Waals surface area contributed by atoms with E-state index < -0.39 is 0 Å². The van der Waals surface area contributed by atoms with Gasteiger partial charge in [-0.2, -0.15) is 10.2 Å². The second-order valence-electron chi connectivity index (χ2n) is 8.27. The summed E-state index contributed by atoms with van der Waals surface area (Å²) in [5.74, 6) is 1.57. The molecule has 7 nitrogen and oxygen atoms in total. The average Bonchev–Trinajstić information content (AvgIpc) is 3.29. The molecule has 1 aliphatic heterocycles. The van der Waals surface area contributed by atoms with Crippen LogP contribution in [0.15, 0.2) is 36.4 Å². The van der Waals surface area contributed by atoms with E-state index in [0.29, 0.717) is 24.1 Å². The molecule has 0 atom stereocenters. The summed E-state index contributed by atoms with van der Waals surface area (Å²) < 4.78 is 13.1. The van der Waals surface area contributed by atoms with Crippen molar-refractivity contribution in [3.63, 3.8) is 0 Å². The zero-order valence-corrected chi connectivity index (χ0v) is 16.7. The number of hydrogen-bond donors (Lipinski definition) is 3. The molecule has 1 aromatic carbocycles. The van der Waals surface area contributed by atoms with Crippen molar-refractivity contribution in [3.05, 3.63) is 53.6 Å². The van der Waals surface area contributed by atoms with Gasteiger partial charge in [0.15, 0.2) is 5.82 Å². The van der Waals surface area contributed by atoms with Crippen LogP contribution in [-0.4, -0.2) is 45.9 Å². The van der Waals surface area contributed by atoms with E-state index in [-0.39, 0.29) is 11.7 Å². The van der Waals surface area contributed by atoms with Crippen molar-refractivity contribution < 1.29 is 9.18 Å². The first kappa shape index (κ1) is 18.8. The van der Waals surface area contributed by atoms with Crippen molar-refractivity contribution in [1.82, 2.24) is 25.7 Å². The molecule has 3 aromatic rings. The van der Waals surface area contributed by atoms with Gasteiger partial charge in [0.2, 0.25) is 0 Å². The summed E-state index contributed by atoms with van der Waals surface area (Å²) in [5, 5.41) is 17.6. The van der Waals surface area contributed by atoms with Gasteiger partial charge in [0.1, 0.15) is 11.5 Å². The lowest BCUT2D eigenvalue weighted by Gasteiger charge is -2.32. The van der Waals surface area contributed by atoms with Crippen LogP contribution in [0.4, 0.5) is 10.2 Å². The fourth-order valence-corrected chi connectivity index (χ4v) is 4.00. The first-order valence-corrected chi connectivity index (χ1v) is 10.6. The Morgan fingerprint density at radius 3 is 2.57 bits per heavy atom. The number of anilines is 1. The molecule has 1 saturated carbocycles. The van der Waals surface area contributed by atoms with E-state index in [9.17, 15) is 9.18 Å². The third-order valence-electron chi connectivity index (χ3n) is 6.06. The van der Waals surface area contributed by atoms with Gasteiger partial charge in [-0.15, -0.1) is 0 Å². The van der Waals surface area contributed by atoms with Gasteiger partial charge in [-0.25, -0.2) is 4.39 Å². The van der Waals surface area contributed by atoms with Gasteiger partial charge in [0, 0.05) is 37.3 Å². The molecule has 3 heterocycles. The number of carbonyl (C=O) groups is 1. The SMILES string of the molecule is O=C(NCC1CCN(c2cc(-c3ccc(F)cc3)[nH]n2)CC1)c1cc(C2CC2)[nH]n1. The number of aromatic amines is 2. The third kappa shape index (κ3) is 4.08. The molecule has 1 saturated heterocycles. The van der Waals surface area contributed by atoms with E-state index in [1.54, 1.807) is 12.1 Å². The number of H-pyrrole nitrogens is 2. The fourth-order valence-electron chi connectivity index (χ4n) is 4.00. The van der Waals surface area contributed by atoms with Crippen LogP contribution in [0.5, 0.6) is 0 Å². The van der Waals surface area contributed by atoms with Crippen LogP contribution < -0.4 is 10.2 Å². The first-order valence-electron chi connectivity index (χ1n) is 10.6. The summed E-state index contributed by atoms with van der Waals surface area (Å²) in [7, 11) is 0. The average molecular weight is 408 g/mol. The number of hydrogen-bond acceptors (Lipinski definition) is 4. The highest BCUT2D eigenvalue weighted by molar-refractivity contribution is 5.92. The second-order valence-corrected chi connectivity index (χ2v) is 8.27. The van der Waals surface area contributed by atoms with Crippen LogP contribution in [0.2, 0.25) is 0 Å².